The number of aromatic nitrogens is 2. The smallest absolute Gasteiger partial charge is 0.319 e. The third-order valence-corrected chi connectivity index (χ3v) is 4.20. The van der Waals surface area contributed by atoms with E-state index in [0.717, 1.165) is 30.3 Å². The Kier molecular flexibility index (Phi) is 3.07. The number of hydrogen-bond donors (Lipinski definition) is 1. The van der Waals surface area contributed by atoms with Crippen molar-refractivity contribution < 1.29 is 8.78 Å². The molecule has 100 valence electrons. The van der Waals surface area contributed by atoms with Gasteiger partial charge in [0.05, 0.1) is 6.54 Å². The molecule has 2 aliphatic rings. The Bertz CT molecular complexity index is 406. The van der Waals surface area contributed by atoms with E-state index in [9.17, 15) is 8.78 Å². The summed E-state index contributed by atoms with van der Waals surface area (Å²) >= 11 is 0. The molecule has 0 aromatic carbocycles. The normalized spacial score (nSPS) is 32.3. The molecule has 0 amide bonds. The van der Waals surface area contributed by atoms with Crippen molar-refractivity contribution in [2.75, 3.05) is 0 Å². The first-order valence-corrected chi connectivity index (χ1v) is 6.46. The molecule has 18 heavy (non-hydrogen) atoms. The molecule has 1 aromatic rings. The van der Waals surface area contributed by atoms with Crippen molar-refractivity contribution in [3.63, 3.8) is 0 Å². The Labute approximate surface area is 105 Å². The summed E-state index contributed by atoms with van der Waals surface area (Å²) in [6.07, 6.45) is 7.01. The van der Waals surface area contributed by atoms with Crippen molar-refractivity contribution in [2.24, 2.45) is 5.73 Å². The van der Waals surface area contributed by atoms with E-state index in [0.29, 0.717) is 24.5 Å². The summed E-state index contributed by atoms with van der Waals surface area (Å²) in [6, 6.07) is 1.16. The molecule has 1 aromatic heterocycles. The van der Waals surface area contributed by atoms with Crippen molar-refractivity contribution in [3.8, 4) is 0 Å². The summed E-state index contributed by atoms with van der Waals surface area (Å²) in [6.45, 7) is -1.99. The number of alkyl halides is 2. The number of rotatable bonds is 3. The van der Waals surface area contributed by atoms with Crippen LogP contribution in [0.4, 0.5) is 8.78 Å². The van der Waals surface area contributed by atoms with Crippen molar-refractivity contribution in [3.05, 3.63) is 18.2 Å². The monoisotopic (exact) mass is 256 g/mol. The molecule has 4 nitrogen and oxygen atoms in total. The maximum atomic E-state index is 12.8. The van der Waals surface area contributed by atoms with Gasteiger partial charge in [0.25, 0.3) is 0 Å². The number of hydrogen-bond acceptors (Lipinski definition) is 3. The van der Waals surface area contributed by atoms with Gasteiger partial charge in [-0.3, -0.25) is 9.47 Å². The summed E-state index contributed by atoms with van der Waals surface area (Å²) in [5.74, 6) is 0.456. The predicted octanol–water partition coefficient (Wildman–Crippen LogP) is 1.73. The number of fused-ring (bicyclic) bond motifs is 2. The van der Waals surface area contributed by atoms with Gasteiger partial charge in [-0.15, -0.1) is 0 Å². The number of imidazole rings is 1. The van der Waals surface area contributed by atoms with Gasteiger partial charge in [0.2, 0.25) is 0 Å². The largest absolute Gasteiger partial charge is 0.328 e. The van der Waals surface area contributed by atoms with Crippen molar-refractivity contribution in [1.29, 1.82) is 0 Å². The van der Waals surface area contributed by atoms with Crippen LogP contribution in [-0.2, 0) is 6.54 Å². The third-order valence-electron chi connectivity index (χ3n) is 4.20. The van der Waals surface area contributed by atoms with E-state index in [2.05, 4.69) is 9.88 Å². The lowest BCUT2D eigenvalue weighted by molar-refractivity contribution is 0.0574. The molecular formula is C12H18F2N4. The molecule has 2 bridgehead atoms. The second-order valence-electron chi connectivity index (χ2n) is 5.32. The first-order chi connectivity index (χ1) is 8.65. The van der Waals surface area contributed by atoms with E-state index in [4.69, 9.17) is 5.73 Å². The van der Waals surface area contributed by atoms with E-state index in [1.807, 2.05) is 0 Å². The van der Waals surface area contributed by atoms with Crippen LogP contribution >= 0.6 is 0 Å². The SMILES string of the molecule is NC1CC2CCC(C1)N2Cc1nccn1C(F)F. The Morgan fingerprint density at radius 3 is 2.61 bits per heavy atom. The Balaban J connectivity index is 1.75. The molecule has 0 spiro atoms. The summed E-state index contributed by atoms with van der Waals surface area (Å²) in [5, 5.41) is 0. The van der Waals surface area contributed by atoms with Crippen molar-refractivity contribution in [1.82, 2.24) is 14.5 Å². The average molecular weight is 256 g/mol. The summed E-state index contributed by atoms with van der Waals surface area (Å²) < 4.78 is 26.5. The molecule has 2 saturated heterocycles. The fourth-order valence-electron chi connectivity index (χ4n) is 3.38. The van der Waals surface area contributed by atoms with Crippen LogP contribution < -0.4 is 5.73 Å². The zero-order valence-electron chi connectivity index (χ0n) is 10.2. The quantitative estimate of drug-likeness (QED) is 0.896. The topological polar surface area (TPSA) is 47.1 Å². The molecule has 0 radical (unpaired) electrons. The maximum absolute atomic E-state index is 12.8. The highest BCUT2D eigenvalue weighted by atomic mass is 19.3. The molecule has 0 saturated carbocycles. The van der Waals surface area contributed by atoms with Crippen molar-refractivity contribution >= 4 is 0 Å². The molecule has 3 heterocycles. The number of nitrogens with two attached hydrogens (primary N) is 1. The molecular weight excluding hydrogens is 238 g/mol. The minimum atomic E-state index is -2.51. The minimum absolute atomic E-state index is 0.272. The first kappa shape index (κ1) is 12.0. The fourth-order valence-corrected chi connectivity index (χ4v) is 3.38. The van der Waals surface area contributed by atoms with Crippen LogP contribution in [0, 0.1) is 0 Å². The number of halogens is 2. The Morgan fingerprint density at radius 1 is 1.33 bits per heavy atom. The molecule has 2 aliphatic heterocycles. The van der Waals surface area contributed by atoms with Gasteiger partial charge in [0.1, 0.15) is 5.82 Å². The zero-order valence-corrected chi connectivity index (χ0v) is 10.2. The highest BCUT2D eigenvalue weighted by Gasteiger charge is 2.40. The standard InChI is InChI=1S/C12H18F2N4/c13-12(14)17-4-3-16-11(17)7-18-9-1-2-10(18)6-8(15)5-9/h3-4,8-10,12H,1-2,5-7,15H2. The zero-order chi connectivity index (χ0) is 12.7. The molecule has 2 unspecified atom stereocenters. The average Bonchev–Trinajstić information content (AvgIpc) is 2.85. The second kappa shape index (κ2) is 4.59. The lowest BCUT2D eigenvalue weighted by atomic mass is 9.98. The van der Waals surface area contributed by atoms with Gasteiger partial charge in [-0.25, -0.2) is 4.98 Å². The van der Waals surface area contributed by atoms with E-state index < -0.39 is 6.55 Å². The van der Waals surface area contributed by atoms with Crippen LogP contribution in [-0.4, -0.2) is 32.6 Å². The van der Waals surface area contributed by atoms with Crippen LogP contribution in [0.5, 0.6) is 0 Å². The van der Waals surface area contributed by atoms with Crippen LogP contribution in [0.15, 0.2) is 12.4 Å². The fraction of sp³-hybridized carbons (Fsp3) is 0.750. The van der Waals surface area contributed by atoms with Gasteiger partial charge in [-0.2, -0.15) is 8.78 Å². The van der Waals surface area contributed by atoms with Gasteiger partial charge in [0.15, 0.2) is 0 Å². The third kappa shape index (κ3) is 2.03. The number of piperidine rings is 1. The van der Waals surface area contributed by atoms with E-state index >= 15 is 0 Å². The highest BCUT2D eigenvalue weighted by molar-refractivity contribution is 5.01. The van der Waals surface area contributed by atoms with E-state index in [-0.39, 0.29) is 6.04 Å². The lowest BCUT2D eigenvalue weighted by Gasteiger charge is -2.37. The lowest BCUT2D eigenvalue weighted by Crippen LogP contribution is -2.47. The van der Waals surface area contributed by atoms with Crippen molar-refractivity contribution in [2.45, 2.75) is 56.9 Å². The minimum Gasteiger partial charge on any atom is -0.328 e. The highest BCUT2D eigenvalue weighted by Crippen LogP contribution is 2.36. The van der Waals surface area contributed by atoms with Gasteiger partial charge in [-0.1, -0.05) is 0 Å². The van der Waals surface area contributed by atoms with E-state index in [1.165, 1.54) is 12.4 Å². The summed E-state index contributed by atoms with van der Waals surface area (Å²) in [5.41, 5.74) is 6.00. The molecule has 6 heteroatoms. The van der Waals surface area contributed by atoms with Crippen LogP contribution in [0.3, 0.4) is 0 Å². The maximum Gasteiger partial charge on any atom is 0.319 e. The second-order valence-corrected chi connectivity index (χ2v) is 5.32. The van der Waals surface area contributed by atoms with Crippen LogP contribution in [0.1, 0.15) is 38.1 Å². The molecule has 2 N–H and O–H groups in total. The summed E-state index contributed by atoms with van der Waals surface area (Å²) in [7, 11) is 0. The predicted molar refractivity (Wildman–Crippen MR) is 63.0 cm³/mol. The van der Waals surface area contributed by atoms with Gasteiger partial charge in [-0.05, 0) is 25.7 Å². The molecule has 3 rings (SSSR count). The van der Waals surface area contributed by atoms with Crippen LogP contribution in [0.2, 0.25) is 0 Å². The van der Waals surface area contributed by atoms with Crippen LogP contribution in [0.25, 0.3) is 0 Å². The first-order valence-electron chi connectivity index (χ1n) is 6.46. The molecule has 2 atom stereocenters. The summed E-state index contributed by atoms with van der Waals surface area (Å²) in [4.78, 5) is 6.37. The number of nitrogens with zero attached hydrogens (tertiary/aromatic N) is 3. The Hall–Kier alpha value is -1.01. The van der Waals surface area contributed by atoms with E-state index in [1.54, 1.807) is 0 Å². The van der Waals surface area contributed by atoms with Gasteiger partial charge >= 0.3 is 6.55 Å². The van der Waals surface area contributed by atoms with Gasteiger partial charge < -0.3 is 5.73 Å². The molecule has 2 fully saturated rings. The molecule has 0 aliphatic carbocycles. The Morgan fingerprint density at radius 2 is 2.00 bits per heavy atom. The van der Waals surface area contributed by atoms with Gasteiger partial charge in [0, 0.05) is 30.5 Å².